The van der Waals surface area contributed by atoms with E-state index in [1.807, 2.05) is 4.90 Å². The summed E-state index contributed by atoms with van der Waals surface area (Å²) < 4.78 is 5.31. The lowest BCUT2D eigenvalue weighted by molar-refractivity contribution is -0.148. The van der Waals surface area contributed by atoms with Crippen LogP contribution < -0.4 is 5.73 Å². The van der Waals surface area contributed by atoms with E-state index in [0.717, 1.165) is 13.1 Å². The number of hydrogen-bond acceptors (Lipinski definition) is 4. The molecule has 0 aromatic rings. The highest BCUT2D eigenvalue weighted by molar-refractivity contribution is 5.78. The van der Waals surface area contributed by atoms with Crippen LogP contribution in [0.2, 0.25) is 0 Å². The van der Waals surface area contributed by atoms with Crippen molar-refractivity contribution in [1.29, 1.82) is 0 Å². The number of likely N-dealkylation sites (tertiary alicyclic amines) is 1. The van der Waals surface area contributed by atoms with E-state index in [9.17, 15) is 4.79 Å². The summed E-state index contributed by atoms with van der Waals surface area (Å²) in [5.74, 6) is 0.101. The Kier molecular flexibility index (Phi) is 4.15. The molecule has 0 aromatic heterocycles. The summed E-state index contributed by atoms with van der Waals surface area (Å²) in [7, 11) is 0. The van der Waals surface area contributed by atoms with Crippen molar-refractivity contribution in [1.82, 2.24) is 9.80 Å². The lowest BCUT2D eigenvalue weighted by Gasteiger charge is -2.33. The van der Waals surface area contributed by atoms with Crippen LogP contribution in [0.1, 0.15) is 12.8 Å². The number of carbonyl (C=O) groups excluding carboxylic acids is 1. The molecular weight excluding hydrogens is 206 g/mol. The molecule has 0 spiro atoms. The van der Waals surface area contributed by atoms with Gasteiger partial charge in [0.1, 0.15) is 6.61 Å². The monoisotopic (exact) mass is 227 g/mol. The molecule has 0 aliphatic carbocycles. The molecular formula is C11H21N3O2. The van der Waals surface area contributed by atoms with E-state index in [4.69, 9.17) is 10.5 Å². The SMILES string of the molecule is NCC1CN(CCN2CCCC2)C(=O)CO1. The van der Waals surface area contributed by atoms with Crippen LogP contribution in [-0.4, -0.2) is 67.7 Å². The average Bonchev–Trinajstić information content (AvgIpc) is 2.81. The molecule has 2 N–H and O–H groups in total. The summed E-state index contributed by atoms with van der Waals surface area (Å²) in [6.45, 7) is 5.51. The lowest BCUT2D eigenvalue weighted by atomic mass is 10.2. The summed E-state index contributed by atoms with van der Waals surface area (Å²) in [5.41, 5.74) is 5.56. The Hall–Kier alpha value is -0.650. The highest BCUT2D eigenvalue weighted by Gasteiger charge is 2.25. The number of morpholine rings is 1. The maximum Gasteiger partial charge on any atom is 0.248 e. The predicted molar refractivity (Wildman–Crippen MR) is 61.0 cm³/mol. The van der Waals surface area contributed by atoms with Gasteiger partial charge in [-0.15, -0.1) is 0 Å². The first-order valence-electron chi connectivity index (χ1n) is 6.11. The van der Waals surface area contributed by atoms with E-state index in [0.29, 0.717) is 13.1 Å². The quantitative estimate of drug-likeness (QED) is 0.688. The lowest BCUT2D eigenvalue weighted by Crippen LogP contribution is -2.51. The molecule has 0 saturated carbocycles. The van der Waals surface area contributed by atoms with Crippen LogP contribution in [0.5, 0.6) is 0 Å². The molecule has 2 fully saturated rings. The van der Waals surface area contributed by atoms with Crippen molar-refractivity contribution in [2.45, 2.75) is 18.9 Å². The van der Waals surface area contributed by atoms with Gasteiger partial charge in [0.2, 0.25) is 5.91 Å². The Balaban J connectivity index is 1.75. The van der Waals surface area contributed by atoms with Crippen LogP contribution in [0.3, 0.4) is 0 Å². The van der Waals surface area contributed by atoms with Crippen LogP contribution in [0, 0.1) is 0 Å². The summed E-state index contributed by atoms with van der Waals surface area (Å²) in [6.07, 6.45) is 2.61. The normalized spacial score (nSPS) is 27.7. The Morgan fingerprint density at radius 3 is 2.75 bits per heavy atom. The van der Waals surface area contributed by atoms with Gasteiger partial charge >= 0.3 is 0 Å². The third-order valence-electron chi connectivity index (χ3n) is 3.37. The van der Waals surface area contributed by atoms with Crippen molar-refractivity contribution in [3.05, 3.63) is 0 Å². The van der Waals surface area contributed by atoms with Crippen LogP contribution in [0.25, 0.3) is 0 Å². The van der Waals surface area contributed by atoms with Crippen LogP contribution in [-0.2, 0) is 9.53 Å². The highest BCUT2D eigenvalue weighted by Crippen LogP contribution is 2.09. The number of ether oxygens (including phenoxy) is 1. The molecule has 2 rings (SSSR count). The van der Waals surface area contributed by atoms with Gasteiger partial charge in [-0.05, 0) is 25.9 Å². The Labute approximate surface area is 96.5 Å². The van der Waals surface area contributed by atoms with E-state index >= 15 is 0 Å². The average molecular weight is 227 g/mol. The first-order valence-corrected chi connectivity index (χ1v) is 6.11. The maximum atomic E-state index is 11.6. The summed E-state index contributed by atoms with van der Waals surface area (Å²) in [4.78, 5) is 15.9. The number of rotatable bonds is 4. The fraction of sp³-hybridized carbons (Fsp3) is 0.909. The maximum absolute atomic E-state index is 11.6. The zero-order valence-electron chi connectivity index (χ0n) is 9.73. The summed E-state index contributed by atoms with van der Waals surface area (Å²) in [5, 5.41) is 0. The molecule has 0 aromatic carbocycles. The molecule has 2 aliphatic rings. The molecule has 2 saturated heterocycles. The molecule has 5 heteroatoms. The topological polar surface area (TPSA) is 58.8 Å². The molecule has 0 bridgehead atoms. The Morgan fingerprint density at radius 1 is 1.31 bits per heavy atom. The van der Waals surface area contributed by atoms with Crippen LogP contribution in [0.4, 0.5) is 0 Å². The fourth-order valence-electron chi connectivity index (χ4n) is 2.31. The second-order valence-corrected chi connectivity index (χ2v) is 4.56. The molecule has 2 aliphatic heterocycles. The van der Waals surface area contributed by atoms with E-state index < -0.39 is 0 Å². The smallest absolute Gasteiger partial charge is 0.248 e. The second kappa shape index (κ2) is 5.61. The van der Waals surface area contributed by atoms with E-state index in [1.165, 1.54) is 25.9 Å². The number of hydrogen-bond donors (Lipinski definition) is 1. The van der Waals surface area contributed by atoms with Crippen molar-refractivity contribution < 1.29 is 9.53 Å². The van der Waals surface area contributed by atoms with Gasteiger partial charge in [-0.1, -0.05) is 0 Å². The number of carbonyl (C=O) groups is 1. The minimum Gasteiger partial charge on any atom is -0.365 e. The first-order chi connectivity index (χ1) is 7.79. The van der Waals surface area contributed by atoms with Crippen LogP contribution in [0.15, 0.2) is 0 Å². The van der Waals surface area contributed by atoms with Crippen molar-refractivity contribution in [2.75, 3.05) is 45.9 Å². The fourth-order valence-corrected chi connectivity index (χ4v) is 2.31. The molecule has 5 nitrogen and oxygen atoms in total. The number of nitrogens with zero attached hydrogens (tertiary/aromatic N) is 2. The molecule has 1 unspecified atom stereocenters. The van der Waals surface area contributed by atoms with Gasteiger partial charge in [0.25, 0.3) is 0 Å². The number of amides is 1. The third kappa shape index (κ3) is 2.93. The van der Waals surface area contributed by atoms with Gasteiger partial charge in [-0.3, -0.25) is 4.79 Å². The number of nitrogens with two attached hydrogens (primary N) is 1. The minimum atomic E-state index is 0.0243. The summed E-state index contributed by atoms with van der Waals surface area (Å²) in [6, 6.07) is 0. The molecule has 92 valence electrons. The van der Waals surface area contributed by atoms with E-state index in [-0.39, 0.29) is 18.6 Å². The molecule has 1 atom stereocenters. The second-order valence-electron chi connectivity index (χ2n) is 4.56. The van der Waals surface area contributed by atoms with Gasteiger partial charge in [-0.25, -0.2) is 0 Å². The zero-order chi connectivity index (χ0) is 11.4. The van der Waals surface area contributed by atoms with E-state index in [1.54, 1.807) is 0 Å². The molecule has 16 heavy (non-hydrogen) atoms. The zero-order valence-corrected chi connectivity index (χ0v) is 9.73. The van der Waals surface area contributed by atoms with Crippen molar-refractivity contribution >= 4 is 5.91 Å². The molecule has 1 amide bonds. The Morgan fingerprint density at radius 2 is 2.06 bits per heavy atom. The first kappa shape index (κ1) is 11.8. The Bertz CT molecular complexity index is 241. The standard InChI is InChI=1S/C11H21N3O2/c12-7-10-8-14(11(15)9-16-10)6-5-13-3-1-2-4-13/h10H,1-9,12H2. The van der Waals surface area contributed by atoms with Gasteiger partial charge in [0, 0.05) is 26.2 Å². The molecule has 0 radical (unpaired) electrons. The van der Waals surface area contributed by atoms with Gasteiger partial charge < -0.3 is 20.3 Å². The summed E-state index contributed by atoms with van der Waals surface area (Å²) >= 11 is 0. The van der Waals surface area contributed by atoms with Gasteiger partial charge in [-0.2, -0.15) is 0 Å². The van der Waals surface area contributed by atoms with Gasteiger partial charge in [0.05, 0.1) is 6.10 Å². The minimum absolute atomic E-state index is 0.0243. The molecule has 2 heterocycles. The predicted octanol–water partition coefficient (Wildman–Crippen LogP) is -0.732. The van der Waals surface area contributed by atoms with E-state index in [2.05, 4.69) is 4.90 Å². The van der Waals surface area contributed by atoms with Crippen molar-refractivity contribution in [3.63, 3.8) is 0 Å². The highest BCUT2D eigenvalue weighted by atomic mass is 16.5. The van der Waals surface area contributed by atoms with Crippen molar-refractivity contribution in [3.8, 4) is 0 Å². The van der Waals surface area contributed by atoms with Crippen LogP contribution >= 0.6 is 0 Å². The largest absolute Gasteiger partial charge is 0.365 e. The van der Waals surface area contributed by atoms with Crippen molar-refractivity contribution in [2.24, 2.45) is 5.73 Å². The van der Waals surface area contributed by atoms with Gasteiger partial charge in [0.15, 0.2) is 0 Å². The third-order valence-corrected chi connectivity index (χ3v) is 3.37.